The second-order valence-electron chi connectivity index (χ2n) is 6.77. The van der Waals surface area contributed by atoms with E-state index < -0.39 is 0 Å². The van der Waals surface area contributed by atoms with E-state index in [2.05, 4.69) is 35.4 Å². The highest BCUT2D eigenvalue weighted by Crippen LogP contribution is 2.27. The van der Waals surface area contributed by atoms with Crippen LogP contribution in [0.5, 0.6) is 0 Å². The molecule has 1 N–H and O–H groups in total. The summed E-state index contributed by atoms with van der Waals surface area (Å²) in [7, 11) is 0. The first-order valence-corrected chi connectivity index (χ1v) is 9.42. The molecule has 0 fully saturated rings. The summed E-state index contributed by atoms with van der Waals surface area (Å²) >= 11 is 0. The number of hydrogen-bond acceptors (Lipinski definition) is 2. The number of carbonyl (C=O) groups is 1. The Bertz CT molecular complexity index is 883. The van der Waals surface area contributed by atoms with Crippen LogP contribution in [0.3, 0.4) is 0 Å². The zero-order valence-corrected chi connectivity index (χ0v) is 15.5. The average Bonchev–Trinajstić information content (AvgIpc) is 2.68. The Morgan fingerprint density at radius 1 is 1.08 bits per heavy atom. The van der Waals surface area contributed by atoms with Gasteiger partial charge in [0.1, 0.15) is 0 Å². The molecule has 2 aromatic carbocycles. The van der Waals surface area contributed by atoms with Gasteiger partial charge in [0.25, 0.3) is 0 Å². The lowest BCUT2D eigenvalue weighted by Gasteiger charge is -2.16. The molecule has 1 aromatic heterocycles. The molecule has 1 unspecified atom stereocenters. The third kappa shape index (κ3) is 4.10. The fourth-order valence-corrected chi connectivity index (χ4v) is 3.32. The van der Waals surface area contributed by atoms with Crippen LogP contribution in [0.1, 0.15) is 50.2 Å². The third-order valence-electron chi connectivity index (χ3n) is 4.89. The van der Waals surface area contributed by atoms with E-state index in [4.69, 9.17) is 0 Å². The van der Waals surface area contributed by atoms with Gasteiger partial charge in [0, 0.05) is 18.1 Å². The molecule has 1 amide bonds. The smallest absolute Gasteiger partial charge is 0.231 e. The number of anilines is 1. The zero-order chi connectivity index (χ0) is 18.4. The molecule has 1 atom stereocenters. The molecule has 3 aromatic rings. The molecule has 134 valence electrons. The van der Waals surface area contributed by atoms with E-state index in [-0.39, 0.29) is 11.8 Å². The lowest BCUT2D eigenvalue weighted by atomic mass is 9.94. The number of carbonyl (C=O) groups excluding carboxylic acids is 1. The SMILES string of the molecule is CCCCCc1cnccc1NC(=O)C(C)c1cccc2ccccc12. The Labute approximate surface area is 155 Å². The van der Waals surface area contributed by atoms with E-state index in [9.17, 15) is 4.79 Å². The van der Waals surface area contributed by atoms with Gasteiger partial charge in [-0.25, -0.2) is 0 Å². The Balaban J connectivity index is 1.80. The molecule has 3 rings (SSSR count). The molecule has 26 heavy (non-hydrogen) atoms. The average molecular weight is 346 g/mol. The molecular weight excluding hydrogens is 320 g/mol. The lowest BCUT2D eigenvalue weighted by Crippen LogP contribution is -2.20. The molecule has 0 aliphatic heterocycles. The number of rotatable bonds is 7. The van der Waals surface area contributed by atoms with Gasteiger partial charge in [-0.05, 0) is 47.7 Å². The van der Waals surface area contributed by atoms with Crippen LogP contribution in [-0.4, -0.2) is 10.9 Å². The Morgan fingerprint density at radius 3 is 2.73 bits per heavy atom. The van der Waals surface area contributed by atoms with Gasteiger partial charge in [-0.15, -0.1) is 0 Å². The van der Waals surface area contributed by atoms with Crippen LogP contribution in [0.2, 0.25) is 0 Å². The minimum absolute atomic E-state index is 0.0179. The number of amides is 1. The van der Waals surface area contributed by atoms with Gasteiger partial charge in [-0.2, -0.15) is 0 Å². The highest BCUT2D eigenvalue weighted by Gasteiger charge is 2.18. The van der Waals surface area contributed by atoms with Crippen molar-refractivity contribution in [2.45, 2.75) is 45.4 Å². The normalized spacial score (nSPS) is 12.1. The summed E-state index contributed by atoms with van der Waals surface area (Å²) in [5, 5.41) is 5.42. The number of unbranched alkanes of at least 4 members (excludes halogenated alkanes) is 2. The fourth-order valence-electron chi connectivity index (χ4n) is 3.32. The fraction of sp³-hybridized carbons (Fsp3) is 0.304. The van der Waals surface area contributed by atoms with Crippen LogP contribution in [-0.2, 0) is 11.2 Å². The molecule has 1 heterocycles. The second-order valence-corrected chi connectivity index (χ2v) is 6.77. The first kappa shape index (κ1) is 18.1. The quantitative estimate of drug-likeness (QED) is 0.557. The number of fused-ring (bicyclic) bond motifs is 1. The summed E-state index contributed by atoms with van der Waals surface area (Å²) in [5.41, 5.74) is 3.05. The summed E-state index contributed by atoms with van der Waals surface area (Å²) in [6.45, 7) is 4.16. The van der Waals surface area contributed by atoms with Crippen molar-refractivity contribution >= 4 is 22.4 Å². The van der Waals surface area contributed by atoms with Crippen LogP contribution in [0, 0.1) is 0 Å². The van der Waals surface area contributed by atoms with Crippen molar-refractivity contribution in [3.63, 3.8) is 0 Å². The van der Waals surface area contributed by atoms with Crippen LogP contribution in [0.4, 0.5) is 5.69 Å². The van der Waals surface area contributed by atoms with Crippen LogP contribution < -0.4 is 5.32 Å². The molecule has 0 radical (unpaired) electrons. The van der Waals surface area contributed by atoms with E-state index in [0.717, 1.165) is 40.4 Å². The number of nitrogens with zero attached hydrogens (tertiary/aromatic N) is 1. The molecular formula is C23H26N2O. The Kier molecular flexibility index (Phi) is 6.00. The topological polar surface area (TPSA) is 42.0 Å². The van der Waals surface area contributed by atoms with Gasteiger partial charge < -0.3 is 5.32 Å². The van der Waals surface area contributed by atoms with Gasteiger partial charge in [-0.1, -0.05) is 62.2 Å². The first-order valence-electron chi connectivity index (χ1n) is 9.42. The molecule has 0 spiro atoms. The largest absolute Gasteiger partial charge is 0.325 e. The monoisotopic (exact) mass is 346 g/mol. The number of benzene rings is 2. The summed E-state index contributed by atoms with van der Waals surface area (Å²) < 4.78 is 0. The Morgan fingerprint density at radius 2 is 1.88 bits per heavy atom. The number of aromatic nitrogens is 1. The van der Waals surface area contributed by atoms with E-state index in [0.29, 0.717) is 0 Å². The molecule has 0 aliphatic carbocycles. The van der Waals surface area contributed by atoms with E-state index >= 15 is 0 Å². The maximum Gasteiger partial charge on any atom is 0.231 e. The number of pyridine rings is 1. The molecule has 0 saturated heterocycles. The maximum absolute atomic E-state index is 12.9. The predicted molar refractivity (Wildman–Crippen MR) is 108 cm³/mol. The summed E-state index contributed by atoms with van der Waals surface area (Å²) in [4.78, 5) is 17.1. The highest BCUT2D eigenvalue weighted by atomic mass is 16.1. The van der Waals surface area contributed by atoms with E-state index in [1.54, 1.807) is 6.20 Å². The number of nitrogens with one attached hydrogen (secondary N) is 1. The number of aryl methyl sites for hydroxylation is 1. The van der Waals surface area contributed by atoms with E-state index in [1.807, 2.05) is 43.5 Å². The van der Waals surface area contributed by atoms with Crippen molar-refractivity contribution in [3.05, 3.63) is 72.1 Å². The molecule has 0 aliphatic rings. The van der Waals surface area contributed by atoms with Gasteiger partial charge in [0.15, 0.2) is 0 Å². The zero-order valence-electron chi connectivity index (χ0n) is 15.5. The van der Waals surface area contributed by atoms with Crippen LogP contribution >= 0.6 is 0 Å². The first-order chi connectivity index (χ1) is 12.7. The molecule has 3 nitrogen and oxygen atoms in total. The van der Waals surface area contributed by atoms with Crippen molar-refractivity contribution in [2.24, 2.45) is 0 Å². The molecule has 3 heteroatoms. The molecule has 0 bridgehead atoms. The summed E-state index contributed by atoms with van der Waals surface area (Å²) in [6.07, 6.45) is 8.04. The molecule has 0 saturated carbocycles. The van der Waals surface area contributed by atoms with Gasteiger partial charge in [0.2, 0.25) is 5.91 Å². The standard InChI is InChI=1S/C23H26N2O/c1-3-4-5-10-19-16-24-15-14-22(19)25-23(26)17(2)20-13-8-11-18-9-6-7-12-21(18)20/h6-9,11-17H,3-5,10H2,1-2H3,(H,24,25,26). The second kappa shape index (κ2) is 8.61. The minimum Gasteiger partial charge on any atom is -0.325 e. The maximum atomic E-state index is 12.9. The van der Waals surface area contributed by atoms with Crippen molar-refractivity contribution in [2.75, 3.05) is 5.32 Å². The van der Waals surface area contributed by atoms with Crippen molar-refractivity contribution < 1.29 is 4.79 Å². The van der Waals surface area contributed by atoms with Gasteiger partial charge in [0.05, 0.1) is 5.92 Å². The van der Waals surface area contributed by atoms with Gasteiger partial charge >= 0.3 is 0 Å². The third-order valence-corrected chi connectivity index (χ3v) is 4.89. The highest BCUT2D eigenvalue weighted by molar-refractivity contribution is 5.99. The van der Waals surface area contributed by atoms with E-state index in [1.165, 1.54) is 12.8 Å². The van der Waals surface area contributed by atoms with Crippen molar-refractivity contribution in [3.8, 4) is 0 Å². The van der Waals surface area contributed by atoms with Gasteiger partial charge in [-0.3, -0.25) is 9.78 Å². The summed E-state index contributed by atoms with van der Waals surface area (Å²) in [6, 6.07) is 16.2. The minimum atomic E-state index is -0.224. The predicted octanol–water partition coefficient (Wildman–Crippen LogP) is 5.71. The van der Waals surface area contributed by atoms with Crippen molar-refractivity contribution in [1.82, 2.24) is 4.98 Å². The van der Waals surface area contributed by atoms with Crippen LogP contribution in [0.25, 0.3) is 10.8 Å². The lowest BCUT2D eigenvalue weighted by molar-refractivity contribution is -0.117. The summed E-state index contributed by atoms with van der Waals surface area (Å²) in [5.74, 6) is -0.206. The Hall–Kier alpha value is -2.68. The van der Waals surface area contributed by atoms with Crippen molar-refractivity contribution in [1.29, 1.82) is 0 Å². The number of hydrogen-bond donors (Lipinski definition) is 1. The van der Waals surface area contributed by atoms with Crippen LogP contribution in [0.15, 0.2) is 60.9 Å².